The van der Waals surface area contributed by atoms with Gasteiger partial charge in [0.15, 0.2) is 0 Å². The van der Waals surface area contributed by atoms with E-state index in [1.807, 2.05) is 5.32 Å². The van der Waals surface area contributed by atoms with Crippen LogP contribution in [0.4, 0.5) is 0 Å². The predicted molar refractivity (Wildman–Crippen MR) is 29.7 cm³/mol. The van der Waals surface area contributed by atoms with Gasteiger partial charge in [0.05, 0.1) is 0 Å². The summed E-state index contributed by atoms with van der Waals surface area (Å²) >= 11 is 0. The third-order valence-electron chi connectivity index (χ3n) is 0.472. The minimum absolute atomic E-state index is 0.141. The second kappa shape index (κ2) is 4.76. The van der Waals surface area contributed by atoms with Crippen molar-refractivity contribution in [3.63, 3.8) is 0 Å². The van der Waals surface area contributed by atoms with Crippen molar-refractivity contribution in [3.05, 3.63) is 0 Å². The number of hydrogen-bond donors (Lipinski definition) is 1. The maximum atomic E-state index is 10.1. The molecular weight excluding hydrogens is 124 g/mol. The summed E-state index contributed by atoms with van der Waals surface area (Å²) in [7, 11) is 1.32. The number of nitrogens with zero attached hydrogens (tertiary/aromatic N) is 1. The van der Waals surface area contributed by atoms with E-state index in [4.69, 9.17) is 0 Å². The van der Waals surface area contributed by atoms with Gasteiger partial charge in [0.25, 0.3) is 5.91 Å². The summed E-state index contributed by atoms with van der Waals surface area (Å²) in [4.78, 5) is 23.8. The van der Waals surface area contributed by atoms with Gasteiger partial charge in [0.2, 0.25) is 6.29 Å². The predicted octanol–water partition coefficient (Wildman–Crippen LogP) is -1.11. The first-order valence-corrected chi connectivity index (χ1v) is 2.12. The fraction of sp³-hybridized carbons (Fsp3) is 0.250. The molecule has 0 atom stereocenters. The second-order valence-corrected chi connectivity index (χ2v) is 1.04. The van der Waals surface area contributed by atoms with Crippen molar-refractivity contribution in [2.24, 2.45) is 5.16 Å². The maximum Gasteiger partial charge on any atom is 0.289 e. The number of oxime groups is 1. The molecule has 0 heterocycles. The van der Waals surface area contributed by atoms with Crippen LogP contribution in [0.5, 0.6) is 0 Å². The number of carbonyl (C=O) groups excluding carboxylic acids is 2. The lowest BCUT2D eigenvalue weighted by Crippen LogP contribution is -2.22. The number of hydrogen-bond acceptors (Lipinski definition) is 4. The molecule has 0 aromatic carbocycles. The Morgan fingerprint density at radius 1 is 1.78 bits per heavy atom. The minimum Gasteiger partial charge on any atom is -0.398 e. The molecule has 0 aromatic heterocycles. The molecule has 0 unspecified atom stereocenters. The third kappa shape index (κ3) is 4.46. The SMILES string of the molecule is CON=CNC(=O)C=O. The highest BCUT2D eigenvalue weighted by Gasteiger charge is 1.89. The average molecular weight is 130 g/mol. The van der Waals surface area contributed by atoms with Crippen LogP contribution >= 0.6 is 0 Å². The Bertz CT molecular complexity index is 132. The molecule has 0 fully saturated rings. The number of carbonyl (C=O) groups is 2. The van der Waals surface area contributed by atoms with Crippen LogP contribution in [-0.2, 0) is 14.4 Å². The Balaban J connectivity index is 3.37. The molecule has 0 aliphatic rings. The first kappa shape index (κ1) is 7.61. The topological polar surface area (TPSA) is 67.8 Å². The van der Waals surface area contributed by atoms with Crippen LogP contribution in [0.1, 0.15) is 0 Å². The fourth-order valence-electron chi connectivity index (χ4n) is 0.177. The standard InChI is InChI=1S/C4H6N2O3/c1-9-6-3-5-4(8)2-7/h2-3H,1H3,(H,5,6,8). The van der Waals surface area contributed by atoms with E-state index in [1.54, 1.807) is 0 Å². The Hall–Kier alpha value is -1.39. The molecule has 0 bridgehead atoms. The molecule has 1 amide bonds. The Labute approximate surface area is 51.7 Å². The van der Waals surface area contributed by atoms with Gasteiger partial charge in [0.1, 0.15) is 13.4 Å². The lowest BCUT2D eigenvalue weighted by atomic mass is 10.7. The largest absolute Gasteiger partial charge is 0.398 e. The zero-order valence-electron chi connectivity index (χ0n) is 4.83. The van der Waals surface area contributed by atoms with E-state index in [1.165, 1.54) is 7.11 Å². The molecule has 0 saturated carbocycles. The van der Waals surface area contributed by atoms with Crippen molar-refractivity contribution < 1.29 is 14.4 Å². The lowest BCUT2D eigenvalue weighted by Gasteiger charge is -1.86. The van der Waals surface area contributed by atoms with Crippen LogP contribution in [0.15, 0.2) is 5.16 Å². The van der Waals surface area contributed by atoms with E-state index in [2.05, 4.69) is 9.99 Å². The number of amides is 1. The summed E-state index contributed by atoms with van der Waals surface area (Å²) < 4.78 is 0. The quantitative estimate of drug-likeness (QED) is 0.173. The van der Waals surface area contributed by atoms with Gasteiger partial charge >= 0.3 is 0 Å². The van der Waals surface area contributed by atoms with Gasteiger partial charge in [-0.2, -0.15) is 0 Å². The van der Waals surface area contributed by atoms with Crippen LogP contribution < -0.4 is 5.32 Å². The Morgan fingerprint density at radius 3 is 2.89 bits per heavy atom. The summed E-state index contributed by atoms with van der Waals surface area (Å²) in [5.74, 6) is -0.754. The normalized spacial score (nSPS) is 9.00. The van der Waals surface area contributed by atoms with Crippen LogP contribution in [0.25, 0.3) is 0 Å². The third-order valence-corrected chi connectivity index (χ3v) is 0.472. The molecule has 0 rings (SSSR count). The van der Waals surface area contributed by atoms with E-state index in [0.29, 0.717) is 0 Å². The lowest BCUT2D eigenvalue weighted by molar-refractivity contribution is -0.130. The summed E-state index contributed by atoms with van der Waals surface area (Å²) in [5, 5.41) is 5.15. The van der Waals surface area contributed by atoms with Gasteiger partial charge in [0, 0.05) is 0 Å². The highest BCUT2D eigenvalue weighted by molar-refractivity contribution is 6.26. The molecule has 0 spiro atoms. The summed E-state index contributed by atoms with van der Waals surface area (Å²) in [6.45, 7) is 0. The Morgan fingerprint density at radius 2 is 2.44 bits per heavy atom. The van der Waals surface area contributed by atoms with Crippen molar-refractivity contribution in [3.8, 4) is 0 Å². The number of nitrogens with one attached hydrogen (secondary N) is 1. The molecule has 0 saturated heterocycles. The highest BCUT2D eigenvalue weighted by Crippen LogP contribution is 1.59. The zero-order chi connectivity index (χ0) is 7.11. The van der Waals surface area contributed by atoms with Gasteiger partial charge in [-0.1, -0.05) is 5.16 Å². The monoisotopic (exact) mass is 130 g/mol. The molecule has 50 valence electrons. The average Bonchev–Trinajstić information content (AvgIpc) is 1.89. The molecule has 0 aliphatic heterocycles. The van der Waals surface area contributed by atoms with Gasteiger partial charge < -0.3 is 10.2 Å². The van der Waals surface area contributed by atoms with Gasteiger partial charge in [-0.05, 0) is 0 Å². The molecule has 5 heteroatoms. The molecule has 1 N–H and O–H groups in total. The van der Waals surface area contributed by atoms with Crippen LogP contribution in [0.3, 0.4) is 0 Å². The van der Waals surface area contributed by atoms with Crippen molar-refractivity contribution in [1.82, 2.24) is 5.32 Å². The zero-order valence-corrected chi connectivity index (χ0v) is 4.83. The molecule has 5 nitrogen and oxygen atoms in total. The number of rotatable bonds is 3. The summed E-state index contributed by atoms with van der Waals surface area (Å²) in [6.07, 6.45) is 1.12. The van der Waals surface area contributed by atoms with E-state index < -0.39 is 5.91 Å². The van der Waals surface area contributed by atoms with E-state index in [-0.39, 0.29) is 6.29 Å². The summed E-state index contributed by atoms with van der Waals surface area (Å²) in [6, 6.07) is 0. The molecule has 0 aromatic rings. The van der Waals surface area contributed by atoms with Crippen LogP contribution in [-0.4, -0.2) is 25.6 Å². The molecular formula is C4H6N2O3. The van der Waals surface area contributed by atoms with Crippen molar-refractivity contribution in [1.29, 1.82) is 0 Å². The van der Waals surface area contributed by atoms with Crippen molar-refractivity contribution in [2.45, 2.75) is 0 Å². The first-order valence-electron chi connectivity index (χ1n) is 2.12. The second-order valence-electron chi connectivity index (χ2n) is 1.04. The first-order chi connectivity index (χ1) is 4.31. The highest BCUT2D eigenvalue weighted by atomic mass is 16.6. The fourth-order valence-corrected chi connectivity index (χ4v) is 0.177. The van der Waals surface area contributed by atoms with E-state index in [9.17, 15) is 9.59 Å². The van der Waals surface area contributed by atoms with Crippen molar-refractivity contribution >= 4 is 18.5 Å². The number of aldehydes is 1. The van der Waals surface area contributed by atoms with Crippen molar-refractivity contribution in [2.75, 3.05) is 7.11 Å². The smallest absolute Gasteiger partial charge is 0.289 e. The van der Waals surface area contributed by atoms with Crippen LogP contribution in [0, 0.1) is 0 Å². The van der Waals surface area contributed by atoms with Gasteiger partial charge in [-0.15, -0.1) is 0 Å². The minimum atomic E-state index is -0.754. The van der Waals surface area contributed by atoms with E-state index >= 15 is 0 Å². The maximum absolute atomic E-state index is 10.1. The van der Waals surface area contributed by atoms with Gasteiger partial charge in [-0.25, -0.2) is 0 Å². The molecule has 9 heavy (non-hydrogen) atoms. The Kier molecular flexibility index (Phi) is 4.03. The van der Waals surface area contributed by atoms with E-state index in [0.717, 1.165) is 6.34 Å². The summed E-state index contributed by atoms with van der Waals surface area (Å²) in [5.41, 5.74) is 0. The molecule has 0 radical (unpaired) electrons. The molecule has 0 aliphatic carbocycles. The van der Waals surface area contributed by atoms with Crippen LogP contribution in [0.2, 0.25) is 0 Å². The van der Waals surface area contributed by atoms with Gasteiger partial charge in [-0.3, -0.25) is 9.59 Å².